The molecule has 0 saturated heterocycles. The number of amides is 1. The molecule has 2 N–H and O–H groups in total. The van der Waals surface area contributed by atoms with Crippen LogP contribution in [0.25, 0.3) is 0 Å². The summed E-state index contributed by atoms with van der Waals surface area (Å²) in [7, 11) is 3.48. The van der Waals surface area contributed by atoms with E-state index in [4.69, 9.17) is 4.74 Å². The van der Waals surface area contributed by atoms with Crippen LogP contribution in [0.4, 0.5) is 0 Å². The third-order valence-electron chi connectivity index (χ3n) is 2.22. The van der Waals surface area contributed by atoms with Crippen molar-refractivity contribution in [2.75, 3.05) is 27.2 Å². The molecule has 1 rings (SSSR count). The summed E-state index contributed by atoms with van der Waals surface area (Å²) < 4.78 is 5.06. The molecule has 4 nitrogen and oxygen atoms in total. The van der Waals surface area contributed by atoms with Crippen LogP contribution in [0.15, 0.2) is 24.3 Å². The first kappa shape index (κ1) is 12.5. The van der Waals surface area contributed by atoms with Crippen LogP contribution in [0.1, 0.15) is 16.8 Å². The highest BCUT2D eigenvalue weighted by atomic mass is 16.5. The first-order chi connectivity index (χ1) is 7.77. The number of methoxy groups -OCH3 is 1. The Labute approximate surface area is 96.0 Å². The van der Waals surface area contributed by atoms with Gasteiger partial charge in [0, 0.05) is 12.1 Å². The molecular formula is C12H18N2O2. The van der Waals surface area contributed by atoms with Crippen molar-refractivity contribution in [3.8, 4) is 5.75 Å². The topological polar surface area (TPSA) is 50.4 Å². The Morgan fingerprint density at radius 1 is 1.38 bits per heavy atom. The van der Waals surface area contributed by atoms with E-state index in [-0.39, 0.29) is 5.91 Å². The molecule has 0 bridgehead atoms. The molecular weight excluding hydrogens is 204 g/mol. The standard InChI is InChI=1S/C12H18N2O2/c1-13-7-4-8-14-12(15)10-5-3-6-11(9-10)16-2/h3,5-6,9,13H,4,7-8H2,1-2H3,(H,14,15). The Morgan fingerprint density at radius 2 is 2.19 bits per heavy atom. The number of benzene rings is 1. The van der Waals surface area contributed by atoms with Gasteiger partial charge in [-0.05, 0) is 38.2 Å². The number of carbonyl (C=O) groups excluding carboxylic acids is 1. The summed E-state index contributed by atoms with van der Waals surface area (Å²) in [6.07, 6.45) is 0.923. The zero-order valence-corrected chi connectivity index (χ0v) is 9.75. The predicted octanol–water partition coefficient (Wildman–Crippen LogP) is 1.03. The molecule has 0 fully saturated rings. The van der Waals surface area contributed by atoms with Crippen molar-refractivity contribution in [2.45, 2.75) is 6.42 Å². The fraction of sp³-hybridized carbons (Fsp3) is 0.417. The Morgan fingerprint density at radius 3 is 2.88 bits per heavy atom. The largest absolute Gasteiger partial charge is 0.497 e. The molecule has 1 aromatic carbocycles. The first-order valence-corrected chi connectivity index (χ1v) is 5.34. The molecule has 0 aromatic heterocycles. The van der Waals surface area contributed by atoms with Crippen LogP contribution in [0.5, 0.6) is 5.75 Å². The molecule has 88 valence electrons. The smallest absolute Gasteiger partial charge is 0.251 e. The zero-order chi connectivity index (χ0) is 11.8. The van der Waals surface area contributed by atoms with E-state index in [1.165, 1.54) is 0 Å². The van der Waals surface area contributed by atoms with Crippen molar-refractivity contribution in [3.63, 3.8) is 0 Å². The lowest BCUT2D eigenvalue weighted by Gasteiger charge is -2.06. The van der Waals surface area contributed by atoms with E-state index >= 15 is 0 Å². The number of hydrogen-bond donors (Lipinski definition) is 2. The van der Waals surface area contributed by atoms with Crippen LogP contribution >= 0.6 is 0 Å². The van der Waals surface area contributed by atoms with E-state index < -0.39 is 0 Å². The highest BCUT2D eigenvalue weighted by Gasteiger charge is 2.04. The Balaban J connectivity index is 2.46. The molecule has 0 saturated carbocycles. The minimum atomic E-state index is -0.0602. The van der Waals surface area contributed by atoms with Crippen LogP contribution in [0.3, 0.4) is 0 Å². The molecule has 4 heteroatoms. The lowest BCUT2D eigenvalue weighted by atomic mass is 10.2. The SMILES string of the molecule is CNCCCNC(=O)c1cccc(OC)c1. The van der Waals surface area contributed by atoms with Crippen LogP contribution in [0, 0.1) is 0 Å². The number of nitrogens with one attached hydrogen (secondary N) is 2. The highest BCUT2D eigenvalue weighted by molar-refractivity contribution is 5.94. The van der Waals surface area contributed by atoms with Crippen molar-refractivity contribution < 1.29 is 9.53 Å². The highest BCUT2D eigenvalue weighted by Crippen LogP contribution is 2.12. The molecule has 16 heavy (non-hydrogen) atoms. The van der Waals surface area contributed by atoms with E-state index in [1.807, 2.05) is 13.1 Å². The van der Waals surface area contributed by atoms with Gasteiger partial charge >= 0.3 is 0 Å². The van der Waals surface area contributed by atoms with Gasteiger partial charge in [-0.15, -0.1) is 0 Å². The second kappa shape index (κ2) is 6.85. The van der Waals surface area contributed by atoms with Gasteiger partial charge in [0.1, 0.15) is 5.75 Å². The average molecular weight is 222 g/mol. The maximum Gasteiger partial charge on any atom is 0.251 e. The van der Waals surface area contributed by atoms with Gasteiger partial charge in [0.2, 0.25) is 0 Å². The molecule has 0 unspecified atom stereocenters. The van der Waals surface area contributed by atoms with Crippen molar-refractivity contribution in [1.29, 1.82) is 0 Å². The zero-order valence-electron chi connectivity index (χ0n) is 9.75. The fourth-order valence-electron chi connectivity index (χ4n) is 1.33. The van der Waals surface area contributed by atoms with Crippen molar-refractivity contribution >= 4 is 5.91 Å². The lowest BCUT2D eigenvalue weighted by Crippen LogP contribution is -2.26. The summed E-state index contributed by atoms with van der Waals surface area (Å²) in [5.41, 5.74) is 0.629. The second-order valence-corrected chi connectivity index (χ2v) is 3.44. The summed E-state index contributed by atoms with van der Waals surface area (Å²) in [6.45, 7) is 1.58. The number of hydrogen-bond acceptors (Lipinski definition) is 3. The van der Waals surface area contributed by atoms with E-state index in [0.29, 0.717) is 17.9 Å². The first-order valence-electron chi connectivity index (χ1n) is 5.34. The van der Waals surface area contributed by atoms with Crippen molar-refractivity contribution in [1.82, 2.24) is 10.6 Å². The van der Waals surface area contributed by atoms with Gasteiger partial charge in [-0.3, -0.25) is 4.79 Å². The van der Waals surface area contributed by atoms with Crippen LogP contribution in [-0.4, -0.2) is 33.2 Å². The molecule has 0 radical (unpaired) electrons. The van der Waals surface area contributed by atoms with Crippen molar-refractivity contribution in [2.24, 2.45) is 0 Å². The minimum Gasteiger partial charge on any atom is -0.497 e. The molecule has 0 aliphatic rings. The maximum absolute atomic E-state index is 11.7. The second-order valence-electron chi connectivity index (χ2n) is 3.44. The van der Waals surface area contributed by atoms with Gasteiger partial charge in [0.15, 0.2) is 0 Å². The van der Waals surface area contributed by atoms with Gasteiger partial charge < -0.3 is 15.4 Å². The van der Waals surface area contributed by atoms with Gasteiger partial charge in [0.05, 0.1) is 7.11 Å². The quantitative estimate of drug-likeness (QED) is 0.707. The van der Waals surface area contributed by atoms with Gasteiger partial charge in [-0.2, -0.15) is 0 Å². The summed E-state index contributed by atoms with van der Waals surface area (Å²) in [6, 6.07) is 7.13. The average Bonchev–Trinajstić information content (AvgIpc) is 2.34. The number of carbonyl (C=O) groups is 1. The Hall–Kier alpha value is -1.55. The third-order valence-corrected chi connectivity index (χ3v) is 2.22. The summed E-state index contributed by atoms with van der Waals surface area (Å²) in [5, 5.41) is 5.88. The third kappa shape index (κ3) is 3.90. The van der Waals surface area contributed by atoms with E-state index in [1.54, 1.807) is 25.3 Å². The Bertz CT molecular complexity index is 340. The Kier molecular flexibility index (Phi) is 5.36. The maximum atomic E-state index is 11.7. The molecule has 1 aromatic rings. The van der Waals surface area contributed by atoms with E-state index in [0.717, 1.165) is 13.0 Å². The normalized spacial score (nSPS) is 9.88. The van der Waals surface area contributed by atoms with Gasteiger partial charge in [-0.1, -0.05) is 6.07 Å². The van der Waals surface area contributed by atoms with Gasteiger partial charge in [-0.25, -0.2) is 0 Å². The monoisotopic (exact) mass is 222 g/mol. The number of rotatable bonds is 6. The molecule has 1 amide bonds. The molecule has 0 aliphatic carbocycles. The predicted molar refractivity (Wildman–Crippen MR) is 63.9 cm³/mol. The minimum absolute atomic E-state index is 0.0602. The van der Waals surface area contributed by atoms with Gasteiger partial charge in [0.25, 0.3) is 5.91 Å². The molecule has 0 heterocycles. The van der Waals surface area contributed by atoms with Crippen LogP contribution < -0.4 is 15.4 Å². The van der Waals surface area contributed by atoms with Crippen LogP contribution in [-0.2, 0) is 0 Å². The lowest BCUT2D eigenvalue weighted by molar-refractivity contribution is 0.0953. The molecule has 0 spiro atoms. The summed E-state index contributed by atoms with van der Waals surface area (Å²) in [5.74, 6) is 0.637. The van der Waals surface area contributed by atoms with Crippen molar-refractivity contribution in [3.05, 3.63) is 29.8 Å². The molecule has 0 atom stereocenters. The van der Waals surface area contributed by atoms with E-state index in [2.05, 4.69) is 10.6 Å². The van der Waals surface area contributed by atoms with E-state index in [9.17, 15) is 4.79 Å². The molecule has 0 aliphatic heterocycles. The fourth-order valence-corrected chi connectivity index (χ4v) is 1.33. The van der Waals surface area contributed by atoms with Crippen LogP contribution in [0.2, 0.25) is 0 Å². The number of ether oxygens (including phenoxy) is 1. The summed E-state index contributed by atoms with van der Waals surface area (Å²) >= 11 is 0. The summed E-state index contributed by atoms with van der Waals surface area (Å²) in [4.78, 5) is 11.7.